The number of rotatable bonds is 20. The van der Waals surface area contributed by atoms with Crippen LogP contribution in [0.3, 0.4) is 0 Å². The molecule has 0 radical (unpaired) electrons. The van der Waals surface area contributed by atoms with Crippen molar-refractivity contribution in [2.45, 2.75) is 147 Å². The van der Waals surface area contributed by atoms with Gasteiger partial charge in [0.2, 0.25) is 0 Å². The quantitative estimate of drug-likeness (QED) is 0.0546. The van der Waals surface area contributed by atoms with Gasteiger partial charge in [0.1, 0.15) is 6.10 Å². The average molecular weight is 828 g/mol. The molecule has 5 nitrogen and oxygen atoms in total. The Morgan fingerprint density at radius 3 is 1.68 bits per heavy atom. The van der Waals surface area contributed by atoms with Crippen molar-refractivity contribution in [2.75, 3.05) is 0 Å². The summed E-state index contributed by atoms with van der Waals surface area (Å²) >= 11 is 0. The Balaban J connectivity index is 1.64. The topological polar surface area (TPSA) is 71.7 Å². The molecule has 59 heavy (non-hydrogen) atoms. The second-order valence-electron chi connectivity index (χ2n) is 18.2. The van der Waals surface area contributed by atoms with E-state index in [0.717, 1.165) is 38.5 Å². The summed E-state index contributed by atoms with van der Waals surface area (Å²) in [5.41, 5.74) is 0. The number of hydrogen-bond acceptors (Lipinski definition) is 5. The molecule has 0 bridgehead atoms. The lowest BCUT2D eigenvalue weighted by Crippen LogP contribution is -2.68. The highest BCUT2D eigenvalue weighted by molar-refractivity contribution is 7.00. The van der Waals surface area contributed by atoms with E-state index in [4.69, 9.17) is 13.6 Å². The predicted octanol–water partition coefficient (Wildman–Crippen LogP) is 10.2. The summed E-state index contributed by atoms with van der Waals surface area (Å²) in [5.74, 6) is 0. The molecule has 1 saturated heterocycles. The van der Waals surface area contributed by atoms with Crippen molar-refractivity contribution in [1.29, 1.82) is 5.26 Å². The largest absolute Gasteiger partial charge is 0.402 e. The van der Waals surface area contributed by atoms with Crippen LogP contribution in [0.1, 0.15) is 106 Å². The number of aliphatic hydroxyl groups excluding tert-OH is 1. The Morgan fingerprint density at radius 1 is 0.729 bits per heavy atom. The molecule has 5 rings (SSSR count). The molecule has 1 fully saturated rings. The molecule has 0 aromatic heterocycles. The van der Waals surface area contributed by atoms with Gasteiger partial charge in [0.25, 0.3) is 16.6 Å². The van der Waals surface area contributed by atoms with E-state index in [2.05, 4.69) is 194 Å². The second-order valence-corrected chi connectivity index (χ2v) is 26.7. The smallest absolute Gasteiger partial charge is 0.261 e. The molecule has 0 aliphatic carbocycles. The Hall–Kier alpha value is -3.88. The molecule has 314 valence electrons. The molecule has 0 amide bonds. The summed E-state index contributed by atoms with van der Waals surface area (Å²) < 4.78 is 23.1. The van der Waals surface area contributed by atoms with Crippen molar-refractivity contribution in [3.05, 3.63) is 146 Å². The van der Waals surface area contributed by atoms with Gasteiger partial charge in [0.15, 0.2) is 0 Å². The fraction of sp³-hybridized carbons (Fsp3) is 0.442. The Labute approximate surface area is 358 Å². The number of nitrogens with zero attached hydrogens (tertiary/aromatic N) is 1. The summed E-state index contributed by atoms with van der Waals surface area (Å²) in [6, 6.07) is 45.6. The Morgan fingerprint density at radius 2 is 1.22 bits per heavy atom. The number of unbranched alkanes of at least 4 members (excludes halogenated alkanes) is 4. The molecule has 7 heteroatoms. The minimum Gasteiger partial charge on any atom is -0.402 e. The predicted molar refractivity (Wildman–Crippen MR) is 251 cm³/mol. The molecule has 0 spiro atoms. The van der Waals surface area contributed by atoms with Gasteiger partial charge in [0.05, 0.1) is 30.5 Å². The van der Waals surface area contributed by atoms with Gasteiger partial charge in [-0.15, -0.1) is 0 Å². The number of hydrogen-bond donors (Lipinski definition) is 1. The molecular formula is C52H69NO4Si2. The number of ether oxygens (including phenoxy) is 1. The number of nitriles is 1. The van der Waals surface area contributed by atoms with Crippen LogP contribution >= 0.6 is 0 Å². The molecule has 1 aliphatic heterocycles. The van der Waals surface area contributed by atoms with E-state index in [1.54, 1.807) is 0 Å². The van der Waals surface area contributed by atoms with Crippen LogP contribution in [0.4, 0.5) is 0 Å². The lowest BCUT2D eigenvalue weighted by molar-refractivity contribution is -0.0182. The average Bonchev–Trinajstić information content (AvgIpc) is 3.64. The van der Waals surface area contributed by atoms with Gasteiger partial charge in [-0.3, -0.25) is 0 Å². The van der Waals surface area contributed by atoms with Gasteiger partial charge in [-0.05, 0) is 56.5 Å². The summed E-state index contributed by atoms with van der Waals surface area (Å²) in [7, 11) is -5.97. The first kappa shape index (κ1) is 46.2. The lowest BCUT2D eigenvalue weighted by atomic mass is 10.0. The van der Waals surface area contributed by atoms with Crippen LogP contribution in [0, 0.1) is 11.3 Å². The molecule has 1 aliphatic rings. The van der Waals surface area contributed by atoms with Crippen LogP contribution in [-0.2, 0) is 13.6 Å². The van der Waals surface area contributed by atoms with Crippen molar-refractivity contribution in [1.82, 2.24) is 0 Å². The highest BCUT2D eigenvalue weighted by Crippen LogP contribution is 2.43. The number of aliphatic hydroxyl groups is 1. The summed E-state index contributed by atoms with van der Waals surface area (Å²) in [6.07, 6.45) is 14.0. The zero-order valence-corrected chi connectivity index (χ0v) is 38.7. The van der Waals surface area contributed by atoms with Crippen LogP contribution in [0.15, 0.2) is 146 Å². The normalized spacial score (nSPS) is 18.9. The van der Waals surface area contributed by atoms with Crippen LogP contribution in [0.25, 0.3) is 0 Å². The van der Waals surface area contributed by atoms with Gasteiger partial charge >= 0.3 is 0 Å². The maximum Gasteiger partial charge on any atom is 0.261 e. The van der Waals surface area contributed by atoms with Crippen molar-refractivity contribution < 1.29 is 18.7 Å². The van der Waals surface area contributed by atoms with E-state index in [1.807, 2.05) is 6.08 Å². The maximum atomic E-state index is 11.2. The maximum absolute atomic E-state index is 11.2. The fourth-order valence-corrected chi connectivity index (χ4v) is 18.3. The van der Waals surface area contributed by atoms with E-state index >= 15 is 0 Å². The molecular weight excluding hydrogens is 759 g/mol. The second kappa shape index (κ2) is 21.6. The SMILES string of the molecule is CCCCC[C@@H](O)/C=C/[C@@H]1O[C@H]([C@@H](C/C=C\CCCC#N)O[Si](c2ccccc2)(c2ccccc2)C(C)(C)C)C[C@@H]1O[Si](c1ccccc1)(c1ccccc1)C(C)(C)C. The van der Waals surface area contributed by atoms with Gasteiger partial charge in [-0.1, -0.05) is 213 Å². The standard InChI is InChI=1S/C52H69NO4Si2/c1-8-9-17-28-42(54)38-39-47-50(57-59(52(5,6)7,45-33-22-15-23-34-45)46-35-24-16-25-36-46)41-49(55-47)48(37-26-11-10-12-27-40-53)56-58(51(2,3)4,43-29-18-13-19-30-43)44-31-20-14-21-32-44/h11,13-16,18-26,29-36,38-39,42,47-50,54H,8-10,12,17,27-28,37,41H2,1-7H3/b26-11-,39-38+/t42-,47+,48-,49+,50+/m1/s1. The highest BCUT2D eigenvalue weighted by Gasteiger charge is 2.56. The Bertz CT molecular complexity index is 1840. The van der Waals surface area contributed by atoms with Crippen LogP contribution in [0.2, 0.25) is 10.1 Å². The fourth-order valence-electron chi connectivity index (χ4n) is 8.93. The number of benzene rings is 4. The lowest BCUT2D eigenvalue weighted by Gasteiger charge is -2.46. The third-order valence-electron chi connectivity index (χ3n) is 11.9. The molecule has 1 N–H and O–H groups in total. The summed E-state index contributed by atoms with van der Waals surface area (Å²) in [6.45, 7) is 16.1. The molecule has 0 unspecified atom stereocenters. The van der Waals surface area contributed by atoms with Crippen molar-refractivity contribution in [2.24, 2.45) is 0 Å². The van der Waals surface area contributed by atoms with Crippen LogP contribution in [0.5, 0.6) is 0 Å². The van der Waals surface area contributed by atoms with Crippen molar-refractivity contribution in [3.63, 3.8) is 0 Å². The van der Waals surface area contributed by atoms with E-state index < -0.39 is 28.8 Å². The monoisotopic (exact) mass is 827 g/mol. The van der Waals surface area contributed by atoms with Gasteiger partial charge < -0.3 is 18.7 Å². The summed E-state index contributed by atoms with van der Waals surface area (Å²) in [4.78, 5) is 0. The first-order valence-corrected chi connectivity index (χ1v) is 25.8. The third-order valence-corrected chi connectivity index (χ3v) is 22.0. The molecule has 1 heterocycles. The minimum absolute atomic E-state index is 0.224. The molecule has 5 atom stereocenters. The van der Waals surface area contributed by atoms with Gasteiger partial charge in [0, 0.05) is 12.8 Å². The van der Waals surface area contributed by atoms with E-state index in [-0.39, 0.29) is 28.4 Å². The van der Waals surface area contributed by atoms with Gasteiger partial charge in [-0.25, -0.2) is 0 Å². The Kier molecular flexibility index (Phi) is 16.9. The number of allylic oxidation sites excluding steroid dienone is 1. The van der Waals surface area contributed by atoms with Crippen LogP contribution in [-0.4, -0.2) is 52.3 Å². The molecule has 0 saturated carbocycles. The van der Waals surface area contributed by atoms with Gasteiger partial charge in [-0.2, -0.15) is 5.26 Å². The van der Waals surface area contributed by atoms with E-state index in [0.29, 0.717) is 19.3 Å². The third kappa shape index (κ3) is 11.3. The van der Waals surface area contributed by atoms with E-state index in [9.17, 15) is 10.4 Å². The molecule has 4 aromatic rings. The minimum atomic E-state index is -2.99. The summed E-state index contributed by atoms with van der Waals surface area (Å²) in [5, 5.41) is 24.8. The zero-order chi connectivity index (χ0) is 42.4. The van der Waals surface area contributed by atoms with Crippen LogP contribution < -0.4 is 20.7 Å². The van der Waals surface area contributed by atoms with Crippen molar-refractivity contribution in [3.8, 4) is 6.07 Å². The van der Waals surface area contributed by atoms with Crippen molar-refractivity contribution >= 4 is 37.4 Å². The first-order valence-electron chi connectivity index (χ1n) is 22.0. The zero-order valence-electron chi connectivity index (χ0n) is 36.7. The highest BCUT2D eigenvalue weighted by atomic mass is 28.4. The first-order chi connectivity index (χ1) is 28.4. The van der Waals surface area contributed by atoms with E-state index in [1.165, 1.54) is 20.7 Å². The molecule has 4 aromatic carbocycles.